The van der Waals surface area contributed by atoms with E-state index in [2.05, 4.69) is 25.5 Å². The highest BCUT2D eigenvalue weighted by Gasteiger charge is 2.39. The van der Waals surface area contributed by atoms with Crippen LogP contribution in [-0.4, -0.2) is 64.1 Å². The molecule has 0 bridgehead atoms. The number of H-pyrrole nitrogens is 3. The number of rotatable bonds is 10. The van der Waals surface area contributed by atoms with Crippen LogP contribution in [0.15, 0.2) is 71.7 Å². The molecule has 11 nitrogen and oxygen atoms in total. The van der Waals surface area contributed by atoms with Gasteiger partial charge in [0, 0.05) is 37.1 Å². The number of fused-ring (bicyclic) bond motifs is 1. The maximum atomic E-state index is 13.6. The number of hydrogen-bond donors (Lipinski definition) is 4. The van der Waals surface area contributed by atoms with Crippen molar-refractivity contribution < 1.29 is 49.7 Å². The van der Waals surface area contributed by atoms with Gasteiger partial charge in [0.05, 0.1) is 43.5 Å². The number of benzene rings is 3. The second-order valence-electron chi connectivity index (χ2n) is 12.4. The van der Waals surface area contributed by atoms with E-state index in [9.17, 15) is 40.3 Å². The number of morpholine rings is 1. The van der Waals surface area contributed by atoms with Crippen LogP contribution < -0.4 is 15.7 Å². The molecule has 0 saturated carbocycles. The number of ether oxygens (including phenoxy) is 3. The first-order chi connectivity index (χ1) is 25.5. The minimum absolute atomic E-state index is 0.00224. The van der Waals surface area contributed by atoms with Gasteiger partial charge in [-0.15, -0.1) is 0 Å². The average Bonchev–Trinajstić information content (AvgIpc) is 3.72. The van der Waals surface area contributed by atoms with Gasteiger partial charge in [-0.25, -0.2) is 14.3 Å². The first-order valence-electron chi connectivity index (χ1n) is 16.6. The summed E-state index contributed by atoms with van der Waals surface area (Å²) >= 11 is 0. The maximum Gasteiger partial charge on any atom is 0.416 e. The third-order valence-electron chi connectivity index (χ3n) is 8.59. The Morgan fingerprint density at radius 2 is 1.72 bits per heavy atom. The van der Waals surface area contributed by atoms with Crippen molar-refractivity contribution in [1.29, 1.82) is 0 Å². The topological polar surface area (TPSA) is 137 Å². The van der Waals surface area contributed by atoms with Gasteiger partial charge in [0.1, 0.15) is 17.4 Å². The van der Waals surface area contributed by atoms with Crippen LogP contribution in [0.5, 0.6) is 5.75 Å². The Bertz CT molecular complexity index is 2040. The van der Waals surface area contributed by atoms with E-state index < -0.39 is 53.4 Å². The summed E-state index contributed by atoms with van der Waals surface area (Å²) < 4.78 is 110. The number of nitrogens with one attached hydrogen (secondary N) is 4. The predicted octanol–water partition coefficient (Wildman–Crippen LogP) is 6.81. The molecule has 2 aromatic heterocycles. The van der Waals surface area contributed by atoms with Gasteiger partial charge >= 0.3 is 18.0 Å². The number of aromatic amines is 3. The van der Waals surface area contributed by atoms with Gasteiger partial charge in [-0.2, -0.15) is 31.4 Å². The van der Waals surface area contributed by atoms with Crippen LogP contribution in [0.2, 0.25) is 0 Å². The summed E-state index contributed by atoms with van der Waals surface area (Å²) in [5.41, 5.74) is -1.02. The molecule has 4 N–H and O–H groups in total. The number of hydrogen-bond acceptors (Lipinski definition) is 7. The Labute approximate surface area is 303 Å². The minimum Gasteiger partial charge on any atom is -0.497 e. The van der Waals surface area contributed by atoms with Crippen molar-refractivity contribution >= 4 is 16.8 Å². The molecule has 3 aromatic carbocycles. The normalized spacial score (nSPS) is 17.1. The molecule has 0 radical (unpaired) electrons. The van der Waals surface area contributed by atoms with E-state index in [1.807, 2.05) is 24.4 Å². The lowest BCUT2D eigenvalue weighted by Gasteiger charge is -2.41. The van der Waals surface area contributed by atoms with Gasteiger partial charge in [-0.1, -0.05) is 12.1 Å². The molecule has 1 saturated heterocycles. The molecule has 1 aliphatic rings. The number of methoxy groups -OCH3 is 1. The quantitative estimate of drug-likeness (QED) is 0.115. The van der Waals surface area contributed by atoms with Gasteiger partial charge in [0.2, 0.25) is 5.91 Å². The Morgan fingerprint density at radius 3 is 2.31 bits per heavy atom. The summed E-state index contributed by atoms with van der Waals surface area (Å²) in [4.78, 5) is 29.7. The van der Waals surface area contributed by atoms with Gasteiger partial charge < -0.3 is 24.5 Å². The fourth-order valence-corrected chi connectivity index (χ4v) is 5.94. The van der Waals surface area contributed by atoms with E-state index in [0.717, 1.165) is 23.1 Å². The molecule has 290 valence electrons. The number of halogens is 7. The van der Waals surface area contributed by atoms with Crippen molar-refractivity contribution in [2.24, 2.45) is 0 Å². The summed E-state index contributed by atoms with van der Waals surface area (Å²) in [6.45, 7) is 4.00. The zero-order chi connectivity index (χ0) is 39.2. The monoisotopic (exact) mass is 766 g/mol. The Hall–Kier alpha value is -5.20. The van der Waals surface area contributed by atoms with E-state index >= 15 is 0 Å². The van der Waals surface area contributed by atoms with Crippen LogP contribution in [0.1, 0.15) is 59.6 Å². The molecule has 3 atom stereocenters. The molecular weight excluding hydrogens is 729 g/mol. The Morgan fingerprint density at radius 1 is 1.04 bits per heavy atom. The highest BCUT2D eigenvalue weighted by molar-refractivity contribution is 5.84. The summed E-state index contributed by atoms with van der Waals surface area (Å²) in [6, 6.07) is 11.7. The molecule has 1 aliphatic heterocycles. The fraction of sp³-hybridized carbons (Fsp3) is 0.361. The van der Waals surface area contributed by atoms with Crippen molar-refractivity contribution in [3.05, 3.63) is 117 Å². The number of nitrogens with zero attached hydrogens (tertiary/aromatic N) is 2. The van der Waals surface area contributed by atoms with Crippen LogP contribution in [0.25, 0.3) is 10.9 Å². The third kappa shape index (κ3) is 10.3. The lowest BCUT2D eigenvalue weighted by Crippen LogP contribution is -2.46. The molecule has 0 unspecified atom stereocenters. The number of alkyl halides is 6. The third-order valence-corrected chi connectivity index (χ3v) is 8.59. The number of carbonyl (C=O) groups excluding carboxylic acids is 1. The lowest BCUT2D eigenvalue weighted by molar-refractivity contribution is -0.231. The van der Waals surface area contributed by atoms with Crippen molar-refractivity contribution in [1.82, 2.24) is 30.4 Å². The fourth-order valence-electron chi connectivity index (χ4n) is 5.94. The van der Waals surface area contributed by atoms with Crippen LogP contribution in [0.4, 0.5) is 30.7 Å². The molecule has 1 amide bonds. The van der Waals surface area contributed by atoms with Gasteiger partial charge in [-0.3, -0.25) is 14.7 Å². The first-order valence-corrected chi connectivity index (χ1v) is 16.6. The summed E-state index contributed by atoms with van der Waals surface area (Å²) in [7, 11) is 1.66. The minimum atomic E-state index is -5.01. The predicted molar refractivity (Wildman–Crippen MR) is 182 cm³/mol. The van der Waals surface area contributed by atoms with Crippen LogP contribution in [0, 0.1) is 5.82 Å². The molecule has 0 aliphatic carbocycles. The lowest BCUT2D eigenvalue weighted by atomic mass is 10.0. The zero-order valence-electron chi connectivity index (χ0n) is 29.2. The van der Waals surface area contributed by atoms with Crippen LogP contribution in [-0.2, 0) is 39.6 Å². The maximum absolute atomic E-state index is 13.6. The molecule has 3 heterocycles. The summed E-state index contributed by atoms with van der Waals surface area (Å²) in [6.07, 6.45) is -9.64. The van der Waals surface area contributed by atoms with E-state index in [4.69, 9.17) is 14.2 Å². The molecule has 0 spiro atoms. The molecule has 6 rings (SSSR count). The van der Waals surface area contributed by atoms with Crippen molar-refractivity contribution in [3.8, 4) is 5.75 Å². The summed E-state index contributed by atoms with van der Waals surface area (Å²) in [5.74, 6) is 0.608. The first kappa shape index (κ1) is 40.0. The molecule has 54 heavy (non-hydrogen) atoms. The number of amides is 1. The van der Waals surface area contributed by atoms with Crippen molar-refractivity contribution in [2.75, 3.05) is 26.8 Å². The zero-order valence-corrected chi connectivity index (χ0v) is 29.2. The van der Waals surface area contributed by atoms with Gasteiger partial charge in [0.25, 0.3) is 0 Å². The Balaban J connectivity index is 0.000000274. The Kier molecular flexibility index (Phi) is 12.5. The van der Waals surface area contributed by atoms with Crippen molar-refractivity contribution in [2.45, 2.75) is 57.6 Å². The van der Waals surface area contributed by atoms with Crippen molar-refractivity contribution in [3.63, 3.8) is 0 Å². The smallest absolute Gasteiger partial charge is 0.416 e. The molecule has 18 heteroatoms. The molecular formula is C36H37F7N6O5. The SMILES string of the molecule is COc1ccc2[nH]cc(CCNC(C)=O)c2c1.C[C@@H](O[C@H]1OCCN(Cc2n[nH]c(=O)[nH]2)[C@H]1c1ccc(F)cc1)c1cc(C(F)(F)F)cc(C(F)(F)F)c1. The van der Waals surface area contributed by atoms with Gasteiger partial charge in [0.15, 0.2) is 6.29 Å². The highest BCUT2D eigenvalue weighted by atomic mass is 19.4. The number of aromatic nitrogens is 4. The molecule has 5 aromatic rings. The second kappa shape index (κ2) is 16.9. The van der Waals surface area contributed by atoms with E-state index in [-0.39, 0.29) is 36.5 Å². The molecule has 1 fully saturated rings. The van der Waals surface area contributed by atoms with E-state index in [1.165, 1.54) is 43.7 Å². The van der Waals surface area contributed by atoms with Crippen LogP contribution in [0.3, 0.4) is 0 Å². The van der Waals surface area contributed by atoms with Gasteiger partial charge in [-0.05, 0) is 78.6 Å². The summed E-state index contributed by atoms with van der Waals surface area (Å²) in [5, 5.41) is 10.0. The largest absolute Gasteiger partial charge is 0.497 e. The van der Waals surface area contributed by atoms with E-state index in [1.54, 1.807) is 12.0 Å². The number of carbonyl (C=O) groups is 1. The standard InChI is InChI=1S/C23H21F7N4O3.C13H16N2O2/c1-12(14-8-15(22(25,26)27)10-16(9-14)23(28,29)30)37-20-19(13-2-4-17(24)5-3-13)34(6-7-36-20)11-18-31-21(35)33-32-18;1-9(16)14-6-5-10-8-15-13-4-3-11(17-2)7-12(10)13/h2-5,8-10,12,19-20H,6-7,11H2,1H3,(H2,31,32,33,35);3-4,7-8,15H,5-6H2,1-2H3,(H,14,16)/t12-,19+,20-;/m1./s1. The van der Waals surface area contributed by atoms with Crippen LogP contribution >= 0.6 is 0 Å². The highest BCUT2D eigenvalue weighted by Crippen LogP contribution is 2.40. The van der Waals surface area contributed by atoms with E-state index in [0.29, 0.717) is 30.8 Å². The second-order valence-corrected chi connectivity index (χ2v) is 12.4. The average molecular weight is 767 g/mol.